The molecule has 0 bridgehead atoms. The monoisotopic (exact) mass is 349 g/mol. The van der Waals surface area contributed by atoms with Gasteiger partial charge in [0.05, 0.1) is 30.2 Å². The summed E-state index contributed by atoms with van der Waals surface area (Å²) in [6.45, 7) is 3.07. The lowest BCUT2D eigenvalue weighted by atomic mass is 10.1. The molecule has 0 unspecified atom stereocenters. The molecule has 1 atom stereocenters. The summed E-state index contributed by atoms with van der Waals surface area (Å²) in [5.74, 6) is 0.800. The lowest BCUT2D eigenvalue weighted by Gasteiger charge is -2.33. The Kier molecular flexibility index (Phi) is 4.82. The highest BCUT2D eigenvalue weighted by molar-refractivity contribution is 5.77. The van der Waals surface area contributed by atoms with Crippen molar-refractivity contribution in [2.45, 2.75) is 19.1 Å². The minimum atomic E-state index is 0.0136. The van der Waals surface area contributed by atoms with Gasteiger partial charge in [0.1, 0.15) is 5.82 Å². The van der Waals surface area contributed by atoms with E-state index in [0.29, 0.717) is 18.5 Å². The zero-order valence-corrected chi connectivity index (χ0v) is 15.0. The third-order valence-electron chi connectivity index (χ3n) is 4.97. The minimum Gasteiger partial charge on any atom is -0.375 e. The molecule has 0 spiro atoms. The number of fused-ring (bicyclic) bond motifs is 1. The molecule has 1 aliphatic rings. The number of benzene rings is 2. The first-order chi connectivity index (χ1) is 12.7. The van der Waals surface area contributed by atoms with Gasteiger partial charge in [0.15, 0.2) is 0 Å². The number of ether oxygens (including phenoxy) is 1. The van der Waals surface area contributed by atoms with Crippen LogP contribution in [0.2, 0.25) is 0 Å². The van der Waals surface area contributed by atoms with Gasteiger partial charge in [-0.3, -0.25) is 14.3 Å². The molecular formula is C21H23N3O2. The lowest BCUT2D eigenvalue weighted by Crippen LogP contribution is -2.43. The Morgan fingerprint density at radius 3 is 2.73 bits per heavy atom. The molecule has 4 rings (SSSR count). The predicted molar refractivity (Wildman–Crippen MR) is 102 cm³/mol. The van der Waals surface area contributed by atoms with E-state index < -0.39 is 0 Å². The standard InChI is InChI=1S/C21H23N3O2/c1-23-20(22-19-10-6-5-9-18(19)21(23)25)15-24-11-12-26-17(14-24)13-16-7-3-2-4-8-16/h2-10,17H,11-15H2,1H3/t17-/m0/s1. The maximum atomic E-state index is 12.6. The summed E-state index contributed by atoms with van der Waals surface area (Å²) in [6.07, 6.45) is 1.07. The second-order valence-electron chi connectivity index (χ2n) is 6.83. The number of para-hydroxylation sites is 1. The van der Waals surface area contributed by atoms with Crippen LogP contribution in [0.15, 0.2) is 59.4 Å². The summed E-state index contributed by atoms with van der Waals surface area (Å²) in [5, 5.41) is 0.669. The minimum absolute atomic E-state index is 0.0136. The van der Waals surface area contributed by atoms with Crippen LogP contribution in [0.4, 0.5) is 0 Å². The van der Waals surface area contributed by atoms with Crippen molar-refractivity contribution in [3.63, 3.8) is 0 Å². The van der Waals surface area contributed by atoms with Crippen molar-refractivity contribution in [1.29, 1.82) is 0 Å². The number of morpholine rings is 1. The molecule has 0 N–H and O–H groups in total. The van der Waals surface area contributed by atoms with E-state index >= 15 is 0 Å². The molecular weight excluding hydrogens is 326 g/mol. The number of rotatable bonds is 4. The Balaban J connectivity index is 1.51. The number of hydrogen-bond acceptors (Lipinski definition) is 4. The van der Waals surface area contributed by atoms with E-state index in [1.165, 1.54) is 5.56 Å². The summed E-state index contributed by atoms with van der Waals surface area (Å²) in [6, 6.07) is 18.0. The van der Waals surface area contributed by atoms with Crippen LogP contribution < -0.4 is 5.56 Å². The summed E-state index contributed by atoms with van der Waals surface area (Å²) in [7, 11) is 1.80. The average Bonchev–Trinajstić information content (AvgIpc) is 2.67. The van der Waals surface area contributed by atoms with Crippen molar-refractivity contribution in [2.75, 3.05) is 19.7 Å². The van der Waals surface area contributed by atoms with Crippen molar-refractivity contribution in [1.82, 2.24) is 14.5 Å². The summed E-state index contributed by atoms with van der Waals surface area (Å²) in [5.41, 5.74) is 2.06. The van der Waals surface area contributed by atoms with E-state index in [4.69, 9.17) is 9.72 Å². The number of nitrogens with zero attached hydrogens (tertiary/aromatic N) is 3. The number of aromatic nitrogens is 2. The van der Waals surface area contributed by atoms with Crippen LogP contribution in [0.25, 0.3) is 10.9 Å². The van der Waals surface area contributed by atoms with Crippen molar-refractivity contribution < 1.29 is 4.74 Å². The summed E-state index contributed by atoms with van der Waals surface area (Å²) in [4.78, 5) is 19.6. The second kappa shape index (κ2) is 7.40. The molecule has 0 radical (unpaired) electrons. The van der Waals surface area contributed by atoms with Crippen molar-refractivity contribution in [3.05, 3.63) is 76.3 Å². The van der Waals surface area contributed by atoms with Crippen molar-refractivity contribution in [3.8, 4) is 0 Å². The molecule has 2 heterocycles. The first kappa shape index (κ1) is 16.9. The Morgan fingerprint density at radius 1 is 1.12 bits per heavy atom. The predicted octanol–water partition coefficient (Wildman–Crippen LogP) is 2.38. The van der Waals surface area contributed by atoms with Gasteiger partial charge in [-0.15, -0.1) is 0 Å². The van der Waals surface area contributed by atoms with E-state index in [9.17, 15) is 4.79 Å². The zero-order valence-electron chi connectivity index (χ0n) is 15.0. The molecule has 1 saturated heterocycles. The Bertz CT molecular complexity index is 952. The van der Waals surface area contributed by atoms with Crippen LogP contribution in [0, 0.1) is 0 Å². The maximum absolute atomic E-state index is 12.6. The maximum Gasteiger partial charge on any atom is 0.261 e. The topological polar surface area (TPSA) is 47.4 Å². The van der Waals surface area contributed by atoms with Gasteiger partial charge >= 0.3 is 0 Å². The third kappa shape index (κ3) is 3.54. The van der Waals surface area contributed by atoms with Gasteiger partial charge in [0.25, 0.3) is 5.56 Å². The van der Waals surface area contributed by atoms with Gasteiger partial charge in [0.2, 0.25) is 0 Å². The SMILES string of the molecule is Cn1c(CN2CCO[C@@H](Cc3ccccc3)C2)nc2ccccc2c1=O. The van der Waals surface area contributed by atoms with Gasteiger partial charge in [-0.1, -0.05) is 42.5 Å². The Morgan fingerprint density at radius 2 is 1.88 bits per heavy atom. The molecule has 134 valence electrons. The zero-order chi connectivity index (χ0) is 17.9. The van der Waals surface area contributed by atoms with Gasteiger partial charge in [0, 0.05) is 20.1 Å². The number of hydrogen-bond donors (Lipinski definition) is 0. The highest BCUT2D eigenvalue weighted by atomic mass is 16.5. The first-order valence-electron chi connectivity index (χ1n) is 9.03. The Hall–Kier alpha value is -2.50. The van der Waals surface area contributed by atoms with Crippen LogP contribution in [-0.4, -0.2) is 40.3 Å². The molecule has 1 aliphatic heterocycles. The second-order valence-corrected chi connectivity index (χ2v) is 6.83. The average molecular weight is 349 g/mol. The van der Waals surface area contributed by atoms with E-state index in [1.54, 1.807) is 11.6 Å². The summed E-state index contributed by atoms with van der Waals surface area (Å²) < 4.78 is 7.61. The Labute approximate surface area is 152 Å². The van der Waals surface area contributed by atoms with Gasteiger partial charge in [-0.2, -0.15) is 0 Å². The van der Waals surface area contributed by atoms with E-state index in [2.05, 4.69) is 29.2 Å². The quantitative estimate of drug-likeness (QED) is 0.726. The molecule has 1 fully saturated rings. The molecule has 0 saturated carbocycles. The third-order valence-corrected chi connectivity index (χ3v) is 4.97. The van der Waals surface area contributed by atoms with Crippen LogP contribution in [0.3, 0.4) is 0 Å². The molecule has 26 heavy (non-hydrogen) atoms. The molecule has 1 aromatic heterocycles. The van der Waals surface area contributed by atoms with E-state index in [-0.39, 0.29) is 11.7 Å². The van der Waals surface area contributed by atoms with Crippen molar-refractivity contribution in [2.24, 2.45) is 7.05 Å². The van der Waals surface area contributed by atoms with Gasteiger partial charge in [-0.25, -0.2) is 4.98 Å². The largest absolute Gasteiger partial charge is 0.375 e. The van der Waals surface area contributed by atoms with E-state index in [0.717, 1.165) is 30.9 Å². The molecule has 0 amide bonds. The lowest BCUT2D eigenvalue weighted by molar-refractivity contribution is -0.0315. The molecule has 2 aromatic carbocycles. The molecule has 0 aliphatic carbocycles. The normalized spacial score (nSPS) is 18.3. The highest BCUT2D eigenvalue weighted by Crippen LogP contribution is 2.14. The fourth-order valence-electron chi connectivity index (χ4n) is 3.53. The fraction of sp³-hybridized carbons (Fsp3) is 0.333. The highest BCUT2D eigenvalue weighted by Gasteiger charge is 2.22. The first-order valence-corrected chi connectivity index (χ1v) is 9.03. The van der Waals surface area contributed by atoms with Crippen LogP contribution in [0.1, 0.15) is 11.4 Å². The smallest absolute Gasteiger partial charge is 0.261 e. The van der Waals surface area contributed by atoms with Crippen molar-refractivity contribution >= 4 is 10.9 Å². The molecule has 3 aromatic rings. The fourth-order valence-corrected chi connectivity index (χ4v) is 3.53. The van der Waals surface area contributed by atoms with Crippen LogP contribution in [-0.2, 0) is 24.8 Å². The molecule has 5 heteroatoms. The van der Waals surface area contributed by atoms with Crippen LogP contribution in [0.5, 0.6) is 0 Å². The summed E-state index contributed by atoms with van der Waals surface area (Å²) >= 11 is 0. The molecule has 5 nitrogen and oxygen atoms in total. The van der Waals surface area contributed by atoms with Gasteiger partial charge in [-0.05, 0) is 24.1 Å². The van der Waals surface area contributed by atoms with Gasteiger partial charge < -0.3 is 4.74 Å². The van der Waals surface area contributed by atoms with Crippen LogP contribution >= 0.6 is 0 Å². The van der Waals surface area contributed by atoms with E-state index in [1.807, 2.05) is 30.3 Å².